The van der Waals surface area contributed by atoms with Gasteiger partial charge < -0.3 is 15.0 Å². The number of carbonyl (C=O) groups is 2. The van der Waals surface area contributed by atoms with E-state index in [4.69, 9.17) is 27.9 Å². The standard InChI is InChI=1S/C26H25Cl2N3O5S/c1-36-21-8-5-19(6-9-21)26(33)31-12-11-18-4-7-20(14-24(18)31)29-25(32)16-30(37(2,34)35)15-17-3-10-22(27)23(28)13-17/h3-10,13-14H,11-12,15-16H2,1-2H3,(H,29,32). The van der Waals surface area contributed by atoms with Crippen LogP contribution in [0.25, 0.3) is 0 Å². The summed E-state index contributed by atoms with van der Waals surface area (Å²) in [6, 6.07) is 17.0. The molecule has 3 aromatic carbocycles. The maximum Gasteiger partial charge on any atom is 0.258 e. The zero-order valence-electron chi connectivity index (χ0n) is 20.2. The van der Waals surface area contributed by atoms with Crippen molar-refractivity contribution in [2.75, 3.05) is 36.7 Å². The molecular weight excluding hydrogens is 537 g/mol. The summed E-state index contributed by atoms with van der Waals surface area (Å²) in [5.41, 5.74) is 3.26. The Morgan fingerprint density at radius 3 is 2.41 bits per heavy atom. The molecule has 1 N–H and O–H groups in total. The smallest absolute Gasteiger partial charge is 0.258 e. The second kappa shape index (κ2) is 11.1. The Labute approximate surface area is 225 Å². The number of nitrogens with zero attached hydrogens (tertiary/aromatic N) is 2. The SMILES string of the molecule is COc1ccc(C(=O)N2CCc3ccc(NC(=O)CN(Cc4ccc(Cl)c(Cl)c4)S(C)(=O)=O)cc32)cc1. The first-order valence-electron chi connectivity index (χ1n) is 11.3. The summed E-state index contributed by atoms with van der Waals surface area (Å²) < 4.78 is 30.9. The maximum absolute atomic E-state index is 13.1. The molecule has 0 atom stereocenters. The Balaban J connectivity index is 1.48. The third kappa shape index (κ3) is 6.42. The van der Waals surface area contributed by atoms with Crippen LogP contribution in [0, 0.1) is 0 Å². The summed E-state index contributed by atoms with van der Waals surface area (Å²) in [5, 5.41) is 3.40. The van der Waals surface area contributed by atoms with Gasteiger partial charge in [-0.15, -0.1) is 0 Å². The molecular formula is C26H25Cl2N3O5S. The van der Waals surface area contributed by atoms with Crippen molar-refractivity contribution in [3.63, 3.8) is 0 Å². The summed E-state index contributed by atoms with van der Waals surface area (Å²) in [7, 11) is -2.14. The average molecular weight is 562 g/mol. The second-order valence-electron chi connectivity index (χ2n) is 8.61. The fourth-order valence-electron chi connectivity index (χ4n) is 4.05. The molecule has 194 valence electrons. The number of amides is 2. The van der Waals surface area contributed by atoms with Crippen molar-refractivity contribution in [2.45, 2.75) is 13.0 Å². The lowest BCUT2D eigenvalue weighted by Gasteiger charge is -2.21. The highest BCUT2D eigenvalue weighted by atomic mass is 35.5. The van der Waals surface area contributed by atoms with E-state index in [0.29, 0.717) is 51.3 Å². The second-order valence-corrected chi connectivity index (χ2v) is 11.4. The predicted molar refractivity (Wildman–Crippen MR) is 145 cm³/mol. The molecule has 11 heteroatoms. The molecule has 2 amide bonds. The summed E-state index contributed by atoms with van der Waals surface area (Å²) in [5.74, 6) is -0.0168. The molecule has 3 aromatic rings. The number of benzene rings is 3. The lowest BCUT2D eigenvalue weighted by molar-refractivity contribution is -0.116. The number of sulfonamides is 1. The van der Waals surface area contributed by atoms with Crippen LogP contribution in [0.1, 0.15) is 21.5 Å². The lowest BCUT2D eigenvalue weighted by Crippen LogP contribution is -2.37. The van der Waals surface area contributed by atoms with Crippen LogP contribution in [0.2, 0.25) is 10.0 Å². The number of hydrogen-bond acceptors (Lipinski definition) is 5. The van der Waals surface area contributed by atoms with E-state index in [-0.39, 0.29) is 12.5 Å². The van der Waals surface area contributed by atoms with E-state index in [1.54, 1.807) is 66.6 Å². The zero-order valence-corrected chi connectivity index (χ0v) is 22.5. The highest BCUT2D eigenvalue weighted by Crippen LogP contribution is 2.32. The van der Waals surface area contributed by atoms with Crippen molar-refractivity contribution in [2.24, 2.45) is 0 Å². The number of fused-ring (bicyclic) bond motifs is 1. The molecule has 0 saturated carbocycles. The minimum atomic E-state index is -3.70. The number of ether oxygens (including phenoxy) is 1. The van der Waals surface area contributed by atoms with Crippen LogP contribution in [0.4, 0.5) is 11.4 Å². The van der Waals surface area contributed by atoms with E-state index in [0.717, 1.165) is 16.1 Å². The third-order valence-electron chi connectivity index (χ3n) is 5.98. The molecule has 0 radical (unpaired) electrons. The van der Waals surface area contributed by atoms with Gasteiger partial charge in [0.05, 0.1) is 30.0 Å². The fourth-order valence-corrected chi connectivity index (χ4v) is 5.11. The maximum atomic E-state index is 13.1. The zero-order chi connectivity index (χ0) is 26.7. The molecule has 0 unspecified atom stereocenters. The average Bonchev–Trinajstić information content (AvgIpc) is 3.28. The van der Waals surface area contributed by atoms with Gasteiger partial charge in [-0.2, -0.15) is 4.31 Å². The van der Waals surface area contributed by atoms with Crippen molar-refractivity contribution in [3.05, 3.63) is 87.4 Å². The van der Waals surface area contributed by atoms with Gasteiger partial charge in [-0.05, 0) is 66.1 Å². The third-order valence-corrected chi connectivity index (χ3v) is 7.91. The summed E-state index contributed by atoms with van der Waals surface area (Å²) in [6.07, 6.45) is 1.73. The first-order chi connectivity index (χ1) is 17.5. The molecule has 0 aliphatic carbocycles. The molecule has 4 rings (SSSR count). The number of hydrogen-bond donors (Lipinski definition) is 1. The summed E-state index contributed by atoms with van der Waals surface area (Å²) in [6.45, 7) is 0.0746. The van der Waals surface area contributed by atoms with Gasteiger partial charge in [-0.1, -0.05) is 35.3 Å². The van der Waals surface area contributed by atoms with E-state index in [1.165, 1.54) is 0 Å². The van der Waals surface area contributed by atoms with E-state index < -0.39 is 22.5 Å². The molecule has 0 spiro atoms. The van der Waals surface area contributed by atoms with E-state index in [9.17, 15) is 18.0 Å². The Morgan fingerprint density at radius 2 is 1.76 bits per heavy atom. The molecule has 1 aliphatic heterocycles. The van der Waals surface area contributed by atoms with Gasteiger partial charge in [0.2, 0.25) is 15.9 Å². The van der Waals surface area contributed by atoms with Gasteiger partial charge in [0.1, 0.15) is 5.75 Å². The Morgan fingerprint density at radius 1 is 1.03 bits per heavy atom. The number of halogens is 2. The number of carbonyl (C=O) groups excluding carboxylic acids is 2. The van der Waals surface area contributed by atoms with Crippen LogP contribution in [0.3, 0.4) is 0 Å². The summed E-state index contributed by atoms with van der Waals surface area (Å²) in [4.78, 5) is 27.6. The normalized spacial score (nSPS) is 12.9. The molecule has 1 heterocycles. The van der Waals surface area contributed by atoms with E-state index in [2.05, 4.69) is 5.32 Å². The number of nitrogens with one attached hydrogen (secondary N) is 1. The molecule has 0 aromatic heterocycles. The molecule has 0 fully saturated rings. The molecule has 0 bridgehead atoms. The van der Waals surface area contributed by atoms with Gasteiger partial charge in [0.25, 0.3) is 5.91 Å². The monoisotopic (exact) mass is 561 g/mol. The van der Waals surface area contributed by atoms with Gasteiger partial charge in [-0.3, -0.25) is 9.59 Å². The van der Waals surface area contributed by atoms with Crippen molar-refractivity contribution in [1.29, 1.82) is 0 Å². The van der Waals surface area contributed by atoms with Gasteiger partial charge in [-0.25, -0.2) is 8.42 Å². The Hall–Kier alpha value is -3.11. The quantitative estimate of drug-likeness (QED) is 0.433. The van der Waals surface area contributed by atoms with Crippen molar-refractivity contribution >= 4 is 56.4 Å². The van der Waals surface area contributed by atoms with Crippen LogP contribution in [-0.2, 0) is 27.8 Å². The van der Waals surface area contributed by atoms with Crippen molar-refractivity contribution in [1.82, 2.24) is 4.31 Å². The van der Waals surface area contributed by atoms with Crippen LogP contribution >= 0.6 is 23.2 Å². The lowest BCUT2D eigenvalue weighted by atomic mass is 10.1. The topological polar surface area (TPSA) is 96.0 Å². The van der Waals surface area contributed by atoms with Crippen molar-refractivity contribution in [3.8, 4) is 5.75 Å². The van der Waals surface area contributed by atoms with Gasteiger partial charge >= 0.3 is 0 Å². The number of anilines is 2. The molecule has 37 heavy (non-hydrogen) atoms. The van der Waals surface area contributed by atoms with Crippen molar-refractivity contribution < 1.29 is 22.7 Å². The summed E-state index contributed by atoms with van der Waals surface area (Å²) >= 11 is 12.0. The molecule has 0 saturated heterocycles. The van der Waals surface area contributed by atoms with Gasteiger partial charge in [0.15, 0.2) is 0 Å². The largest absolute Gasteiger partial charge is 0.497 e. The number of rotatable bonds is 8. The van der Waals surface area contributed by atoms with Crippen LogP contribution in [0.5, 0.6) is 5.75 Å². The van der Waals surface area contributed by atoms with Gasteiger partial charge in [0, 0.05) is 30.0 Å². The van der Waals surface area contributed by atoms with E-state index in [1.807, 2.05) is 6.07 Å². The minimum absolute atomic E-state index is 0.0442. The Bertz CT molecular complexity index is 1450. The minimum Gasteiger partial charge on any atom is -0.497 e. The number of methoxy groups -OCH3 is 1. The predicted octanol–water partition coefficient (Wildman–Crippen LogP) is 4.61. The fraction of sp³-hybridized carbons (Fsp3) is 0.231. The van der Waals surface area contributed by atoms with Crippen LogP contribution in [-0.4, -0.2) is 51.0 Å². The molecule has 1 aliphatic rings. The van der Waals surface area contributed by atoms with Crippen LogP contribution < -0.4 is 15.0 Å². The van der Waals surface area contributed by atoms with E-state index >= 15 is 0 Å². The molecule has 8 nitrogen and oxygen atoms in total. The first kappa shape index (κ1) is 26.9. The first-order valence-corrected chi connectivity index (χ1v) is 13.9. The highest BCUT2D eigenvalue weighted by Gasteiger charge is 2.27. The highest BCUT2D eigenvalue weighted by molar-refractivity contribution is 7.88. The Kier molecular flexibility index (Phi) is 8.08. The van der Waals surface area contributed by atoms with Crippen LogP contribution in [0.15, 0.2) is 60.7 Å².